The Morgan fingerprint density at radius 3 is 2.34 bits per heavy atom. The van der Waals surface area contributed by atoms with Crippen LogP contribution in [0.1, 0.15) is 55.0 Å². The van der Waals surface area contributed by atoms with Crippen LogP contribution < -0.4 is 26.6 Å². The number of halogens is 4. The summed E-state index contributed by atoms with van der Waals surface area (Å²) in [5.74, 6) is -1.40. The zero-order chi connectivity index (χ0) is 40.7. The van der Waals surface area contributed by atoms with Gasteiger partial charge in [-0.2, -0.15) is 13.2 Å². The Kier molecular flexibility index (Phi) is 12.8. The minimum absolute atomic E-state index is 0.0225. The lowest BCUT2D eigenvalue weighted by Crippen LogP contribution is -2.51. The number of imidazole rings is 1. The summed E-state index contributed by atoms with van der Waals surface area (Å²) in [4.78, 5) is 63.2. The number of hydrogen-bond acceptors (Lipinski definition) is 8. The molecule has 3 atom stereocenters. The van der Waals surface area contributed by atoms with Gasteiger partial charge in [0, 0.05) is 32.9 Å². The monoisotopic (exact) mass is 781 g/mol. The van der Waals surface area contributed by atoms with Crippen molar-refractivity contribution in [2.45, 2.75) is 45.5 Å². The molecule has 5 amide bonds. The number of rotatable bonds is 12. The van der Waals surface area contributed by atoms with Crippen molar-refractivity contribution in [1.29, 1.82) is 0 Å². The summed E-state index contributed by atoms with van der Waals surface area (Å²) in [7, 11) is 2.70. The highest BCUT2D eigenvalue weighted by atomic mass is 19.4. The number of urea groups is 1. The number of anilines is 2. The number of aromatic amines is 1. The van der Waals surface area contributed by atoms with Gasteiger partial charge in [-0.25, -0.2) is 23.9 Å². The van der Waals surface area contributed by atoms with Crippen molar-refractivity contribution in [1.82, 2.24) is 35.8 Å². The first-order valence-corrected chi connectivity index (χ1v) is 17.8. The number of amides is 5. The highest BCUT2D eigenvalue weighted by molar-refractivity contribution is 6.04. The number of nitrogens with one attached hydrogen (secondary N) is 6. The number of benzene rings is 2. The fourth-order valence-corrected chi connectivity index (χ4v) is 6.33. The van der Waals surface area contributed by atoms with Crippen LogP contribution in [0.3, 0.4) is 0 Å². The average Bonchev–Trinajstić information content (AvgIpc) is 3.82. The molecule has 0 aliphatic carbocycles. The minimum Gasteiger partial charge on any atom is -0.453 e. The lowest BCUT2D eigenvalue weighted by atomic mass is 9.96. The van der Waals surface area contributed by atoms with Crippen LogP contribution in [-0.2, 0) is 15.7 Å². The van der Waals surface area contributed by atoms with Crippen molar-refractivity contribution >= 4 is 35.4 Å². The Morgan fingerprint density at radius 1 is 1.00 bits per heavy atom. The SMILES string of the molecule is CNC(=O)NCCNc1ccc(C(=O)Nc2cc(C(F)(F)F)c(-c3ccc(-c4cnc([C@@H]5C[C@H](C)CN5C(=O)[C@@H](NC(=O)OC)C(C)C)[nH]4)cc3)cc2F)cn1. The van der Waals surface area contributed by atoms with Gasteiger partial charge in [-0.3, -0.25) is 9.59 Å². The third-order valence-corrected chi connectivity index (χ3v) is 9.23. The van der Waals surface area contributed by atoms with Crippen LogP contribution in [0.15, 0.2) is 60.9 Å². The number of likely N-dealkylation sites (tertiary alicyclic amines) is 1. The molecule has 18 heteroatoms. The third-order valence-electron chi connectivity index (χ3n) is 9.23. The molecule has 1 aliphatic heterocycles. The number of ether oxygens (including phenoxy) is 1. The number of methoxy groups -OCH3 is 1. The number of H-pyrrole nitrogens is 1. The predicted octanol–water partition coefficient (Wildman–Crippen LogP) is 6.18. The van der Waals surface area contributed by atoms with Gasteiger partial charge in [-0.1, -0.05) is 45.0 Å². The molecule has 6 N–H and O–H groups in total. The summed E-state index contributed by atoms with van der Waals surface area (Å²) < 4.78 is 63.2. The first-order valence-electron chi connectivity index (χ1n) is 17.8. The third kappa shape index (κ3) is 9.72. The van der Waals surface area contributed by atoms with E-state index < -0.39 is 52.9 Å². The largest absolute Gasteiger partial charge is 0.453 e. The van der Waals surface area contributed by atoms with Crippen LogP contribution in [0.4, 0.5) is 38.7 Å². The second-order valence-corrected chi connectivity index (χ2v) is 13.7. The smallest absolute Gasteiger partial charge is 0.417 e. The Labute approximate surface area is 320 Å². The maximum Gasteiger partial charge on any atom is 0.417 e. The number of carbonyl (C=O) groups excluding carboxylic acids is 4. The zero-order valence-corrected chi connectivity index (χ0v) is 31.3. The normalized spacial score (nSPS) is 15.9. The molecule has 298 valence electrons. The number of hydrogen-bond donors (Lipinski definition) is 6. The molecule has 0 radical (unpaired) electrons. The highest BCUT2D eigenvalue weighted by Crippen LogP contribution is 2.41. The summed E-state index contributed by atoms with van der Waals surface area (Å²) in [6.07, 6.45) is -2.25. The zero-order valence-electron chi connectivity index (χ0n) is 31.3. The second-order valence-electron chi connectivity index (χ2n) is 13.7. The maximum absolute atomic E-state index is 15.4. The first kappa shape index (κ1) is 41.0. The summed E-state index contributed by atoms with van der Waals surface area (Å²) in [5, 5.41) is 12.8. The van der Waals surface area contributed by atoms with Gasteiger partial charge in [0.2, 0.25) is 5.91 Å². The quantitative estimate of drug-likeness (QED) is 0.0728. The van der Waals surface area contributed by atoms with E-state index >= 15 is 4.39 Å². The molecule has 2 aromatic carbocycles. The van der Waals surface area contributed by atoms with Crippen molar-refractivity contribution in [2.24, 2.45) is 11.8 Å². The van der Waals surface area contributed by atoms with Gasteiger partial charge < -0.3 is 41.2 Å². The summed E-state index contributed by atoms with van der Waals surface area (Å²) in [5.41, 5.74) is -1.07. The molecule has 4 aromatic rings. The van der Waals surface area contributed by atoms with E-state index in [0.717, 1.165) is 6.07 Å². The van der Waals surface area contributed by atoms with Gasteiger partial charge in [0.15, 0.2) is 0 Å². The number of pyridine rings is 1. The molecule has 2 aromatic heterocycles. The van der Waals surface area contributed by atoms with E-state index in [0.29, 0.717) is 55.0 Å². The fourth-order valence-electron chi connectivity index (χ4n) is 6.33. The molecular formula is C38H43F4N9O5. The van der Waals surface area contributed by atoms with Crippen LogP contribution in [0.5, 0.6) is 0 Å². The Hall–Kier alpha value is -6.20. The van der Waals surface area contributed by atoms with E-state index in [-0.39, 0.29) is 34.9 Å². The molecular weight excluding hydrogens is 738 g/mol. The van der Waals surface area contributed by atoms with E-state index in [1.807, 2.05) is 20.8 Å². The summed E-state index contributed by atoms with van der Waals surface area (Å²) >= 11 is 0. The van der Waals surface area contributed by atoms with Crippen LogP contribution in [0, 0.1) is 17.7 Å². The van der Waals surface area contributed by atoms with Crippen molar-refractivity contribution in [2.75, 3.05) is 44.4 Å². The summed E-state index contributed by atoms with van der Waals surface area (Å²) in [6, 6.07) is 8.52. The number of alkyl halides is 3. The fraction of sp³-hybridized carbons (Fsp3) is 0.368. The van der Waals surface area contributed by atoms with E-state index in [1.54, 1.807) is 23.2 Å². The maximum atomic E-state index is 15.4. The van der Waals surface area contributed by atoms with Crippen molar-refractivity contribution < 1.29 is 41.5 Å². The Morgan fingerprint density at radius 2 is 1.71 bits per heavy atom. The van der Waals surface area contributed by atoms with Crippen LogP contribution in [-0.4, -0.2) is 83.6 Å². The lowest BCUT2D eigenvalue weighted by Gasteiger charge is -2.30. The molecule has 5 rings (SSSR count). The van der Waals surface area contributed by atoms with Gasteiger partial charge in [0.25, 0.3) is 5.91 Å². The molecule has 0 unspecified atom stereocenters. The van der Waals surface area contributed by atoms with Crippen molar-refractivity contribution in [3.63, 3.8) is 0 Å². The van der Waals surface area contributed by atoms with Gasteiger partial charge in [0.1, 0.15) is 23.5 Å². The highest BCUT2D eigenvalue weighted by Gasteiger charge is 2.40. The molecule has 0 spiro atoms. The van der Waals surface area contributed by atoms with Crippen LogP contribution in [0.25, 0.3) is 22.4 Å². The van der Waals surface area contributed by atoms with Crippen molar-refractivity contribution in [3.05, 3.63) is 83.7 Å². The molecule has 0 saturated carbocycles. The molecule has 1 saturated heterocycles. The molecule has 56 heavy (non-hydrogen) atoms. The number of alkyl carbamates (subject to hydrolysis) is 1. The summed E-state index contributed by atoms with van der Waals surface area (Å²) in [6.45, 7) is 6.71. The number of aromatic nitrogens is 3. The lowest BCUT2D eigenvalue weighted by molar-refractivity contribution is -0.137. The molecule has 1 fully saturated rings. The van der Waals surface area contributed by atoms with E-state index in [2.05, 4.69) is 41.5 Å². The Balaban J connectivity index is 1.31. The molecule has 1 aliphatic rings. The Bertz CT molecular complexity index is 2040. The number of nitrogens with zero attached hydrogens (tertiary/aromatic N) is 3. The second kappa shape index (κ2) is 17.5. The molecule has 14 nitrogen and oxygen atoms in total. The van der Waals surface area contributed by atoms with E-state index in [4.69, 9.17) is 4.74 Å². The van der Waals surface area contributed by atoms with Crippen molar-refractivity contribution in [3.8, 4) is 22.4 Å². The molecule has 3 heterocycles. The first-order chi connectivity index (χ1) is 26.6. The number of carbonyl (C=O) groups is 4. The topological polar surface area (TPSA) is 182 Å². The standard InChI is InChI=1S/C38H43F4N9O5/c1-20(2)32(50-37(55)56-5)35(53)51-19-21(3)14-30(51)33-47-18-29(48-33)23-8-6-22(7-9-23)25-15-27(39)28(16-26(25)38(40,41)42)49-34(52)24-10-11-31(46-17-24)44-12-13-45-36(54)43-4/h6-11,15-18,20-21,30,32H,12-14,19H2,1-5H3,(H,44,46)(H,47,48)(H,49,52)(H,50,55)(H2,43,45,54)/t21-,30-,32-/m0/s1. The average molecular weight is 782 g/mol. The predicted molar refractivity (Wildman–Crippen MR) is 200 cm³/mol. The van der Waals surface area contributed by atoms with Crippen LogP contribution >= 0.6 is 0 Å². The van der Waals surface area contributed by atoms with Gasteiger partial charge in [-0.05, 0) is 59.2 Å². The van der Waals surface area contributed by atoms with Gasteiger partial charge in [-0.15, -0.1) is 0 Å². The van der Waals surface area contributed by atoms with Gasteiger partial charge in [0.05, 0.1) is 41.9 Å². The van der Waals surface area contributed by atoms with E-state index in [9.17, 15) is 32.3 Å². The molecule has 0 bridgehead atoms. The van der Waals surface area contributed by atoms with E-state index in [1.165, 1.54) is 44.6 Å². The minimum atomic E-state index is -4.90. The van der Waals surface area contributed by atoms with Crippen LogP contribution in [0.2, 0.25) is 0 Å². The van der Waals surface area contributed by atoms with Gasteiger partial charge >= 0.3 is 18.3 Å².